The molecule has 5 rings (SSSR count). The Morgan fingerprint density at radius 3 is 2.24 bits per heavy atom. The topological polar surface area (TPSA) is 103 Å². The maximum absolute atomic E-state index is 11.0. The van der Waals surface area contributed by atoms with Crippen LogP contribution in [0.1, 0.15) is 11.1 Å². The van der Waals surface area contributed by atoms with E-state index >= 15 is 0 Å². The fourth-order valence-electron chi connectivity index (χ4n) is 3.74. The first-order valence-corrected chi connectivity index (χ1v) is 13.4. The second kappa shape index (κ2) is 12.8. The molecule has 0 bridgehead atoms. The molecule has 0 amide bonds. The van der Waals surface area contributed by atoms with Gasteiger partial charge in [-0.15, -0.1) is 0 Å². The highest BCUT2D eigenvalue weighted by Crippen LogP contribution is 2.33. The fraction of sp³-hybridized carbons (Fsp3) is 0.0714. The predicted octanol–water partition coefficient (Wildman–Crippen LogP) is 7.62. The lowest BCUT2D eigenvalue weighted by Gasteiger charge is -2.07. The number of aromatic amines is 1. The molecule has 0 atom stereocenters. The number of hydrogen-bond acceptors (Lipinski definition) is 6. The molecule has 8 nitrogen and oxygen atoms in total. The maximum Gasteiger partial charge on any atom is 0.276 e. The molecule has 0 fully saturated rings. The summed E-state index contributed by atoms with van der Waals surface area (Å²) in [6.07, 6.45) is 6.88. The highest BCUT2D eigenvalue weighted by Gasteiger charge is 2.14. The summed E-state index contributed by atoms with van der Waals surface area (Å²) in [5, 5.41) is 12.1. The van der Waals surface area contributed by atoms with Gasteiger partial charge in [-0.25, -0.2) is 9.97 Å². The van der Waals surface area contributed by atoms with Crippen molar-refractivity contribution in [1.29, 1.82) is 0 Å². The SMILES string of the molecule is COc1nccc(I)c1-c1cc2ccccc2[nH]1.COc1nccc(I)c1C=Cc1ccccc1[N+](=O)[O-]. The second-order valence-electron chi connectivity index (χ2n) is 7.81. The zero-order valence-corrected chi connectivity index (χ0v) is 24.7. The van der Waals surface area contributed by atoms with Crippen LogP contribution in [0.4, 0.5) is 5.69 Å². The van der Waals surface area contributed by atoms with E-state index in [-0.39, 0.29) is 5.69 Å². The number of nitro groups is 1. The van der Waals surface area contributed by atoms with Crippen molar-refractivity contribution in [2.24, 2.45) is 0 Å². The molecule has 38 heavy (non-hydrogen) atoms. The summed E-state index contributed by atoms with van der Waals surface area (Å²) in [5.74, 6) is 1.14. The smallest absolute Gasteiger partial charge is 0.276 e. The van der Waals surface area contributed by atoms with Gasteiger partial charge in [0.25, 0.3) is 5.69 Å². The molecule has 1 N–H and O–H groups in total. The van der Waals surface area contributed by atoms with Crippen LogP contribution >= 0.6 is 45.2 Å². The largest absolute Gasteiger partial charge is 0.481 e. The van der Waals surface area contributed by atoms with Gasteiger partial charge in [0.1, 0.15) is 0 Å². The summed E-state index contributed by atoms with van der Waals surface area (Å²) in [5.41, 5.74) is 4.58. The van der Waals surface area contributed by atoms with Gasteiger partial charge in [-0.05, 0) is 87.7 Å². The average molecular weight is 732 g/mol. The number of halogens is 2. The number of ether oxygens (including phenoxy) is 2. The van der Waals surface area contributed by atoms with E-state index in [9.17, 15) is 10.1 Å². The average Bonchev–Trinajstić information content (AvgIpc) is 3.36. The third-order valence-corrected chi connectivity index (χ3v) is 7.35. The van der Waals surface area contributed by atoms with Crippen LogP contribution in [0, 0.1) is 17.3 Å². The van der Waals surface area contributed by atoms with Gasteiger partial charge in [-0.3, -0.25) is 10.1 Å². The number of pyridine rings is 2. The van der Waals surface area contributed by atoms with Crippen LogP contribution in [0.2, 0.25) is 0 Å². The van der Waals surface area contributed by atoms with E-state index in [0.717, 1.165) is 29.5 Å². The zero-order valence-electron chi connectivity index (χ0n) is 20.4. The van der Waals surface area contributed by atoms with Crippen LogP contribution in [0.5, 0.6) is 11.8 Å². The summed E-state index contributed by atoms with van der Waals surface area (Å²) in [7, 11) is 3.19. The molecule has 0 aliphatic rings. The Morgan fingerprint density at radius 1 is 0.868 bits per heavy atom. The predicted molar refractivity (Wildman–Crippen MR) is 166 cm³/mol. The Kier molecular flexibility index (Phi) is 9.29. The summed E-state index contributed by atoms with van der Waals surface area (Å²) in [4.78, 5) is 22.3. The standard InChI is InChI=1S/C14H11IN2O3.C14H11IN2O/c1-20-14-11(12(15)8-9-16-14)7-6-10-4-2-3-5-13(10)17(18)19;1-18-14-13(10(15)6-7-16-14)12-8-9-4-2-3-5-11(9)17-12/h2-9H,1H3;2-8,17H,1H3. The number of nitrogens with one attached hydrogen (secondary N) is 1. The molecule has 3 heterocycles. The van der Waals surface area contributed by atoms with Crippen LogP contribution in [-0.4, -0.2) is 34.1 Å². The van der Waals surface area contributed by atoms with Crippen LogP contribution in [-0.2, 0) is 0 Å². The minimum atomic E-state index is -0.398. The molecule has 0 aliphatic carbocycles. The number of benzene rings is 2. The van der Waals surface area contributed by atoms with Gasteiger partial charge >= 0.3 is 0 Å². The van der Waals surface area contributed by atoms with Crippen molar-refractivity contribution >= 4 is 73.9 Å². The van der Waals surface area contributed by atoms with E-state index < -0.39 is 4.92 Å². The van der Waals surface area contributed by atoms with Gasteiger partial charge in [0, 0.05) is 36.5 Å². The Labute approximate surface area is 246 Å². The molecule has 192 valence electrons. The molecule has 5 aromatic rings. The quantitative estimate of drug-likeness (QED) is 0.110. The van der Waals surface area contributed by atoms with E-state index in [1.54, 1.807) is 57.0 Å². The summed E-state index contributed by atoms with van der Waals surface area (Å²) >= 11 is 4.47. The van der Waals surface area contributed by atoms with Gasteiger partial charge in [-0.1, -0.05) is 30.3 Å². The van der Waals surface area contributed by atoms with Crippen molar-refractivity contribution in [2.45, 2.75) is 0 Å². The summed E-state index contributed by atoms with van der Waals surface area (Å²) in [6, 6.07) is 20.7. The second-order valence-corrected chi connectivity index (χ2v) is 10.1. The molecule has 0 spiro atoms. The molecule has 0 aliphatic heterocycles. The van der Waals surface area contributed by atoms with Gasteiger partial charge < -0.3 is 14.5 Å². The number of rotatable bonds is 6. The van der Waals surface area contributed by atoms with E-state index in [1.165, 1.54) is 11.5 Å². The van der Waals surface area contributed by atoms with Crippen LogP contribution in [0.15, 0.2) is 79.1 Å². The number of nitro benzene ring substituents is 1. The number of methoxy groups -OCH3 is 2. The fourth-order valence-corrected chi connectivity index (χ4v) is 4.99. The normalized spacial score (nSPS) is 10.7. The number of H-pyrrole nitrogens is 1. The van der Waals surface area contributed by atoms with Crippen LogP contribution in [0.25, 0.3) is 34.3 Å². The Bertz CT molecular complexity index is 1590. The zero-order chi connectivity index (χ0) is 27.1. The van der Waals surface area contributed by atoms with Crippen LogP contribution < -0.4 is 9.47 Å². The van der Waals surface area contributed by atoms with Gasteiger partial charge in [0.15, 0.2) is 0 Å². The lowest BCUT2D eigenvalue weighted by molar-refractivity contribution is -0.385. The number of para-hydroxylation sites is 2. The molecule has 0 saturated carbocycles. The molecular weight excluding hydrogens is 710 g/mol. The summed E-state index contributed by atoms with van der Waals surface area (Å²) < 4.78 is 12.6. The molecule has 2 aromatic carbocycles. The molecule has 0 saturated heterocycles. The van der Waals surface area contributed by atoms with Gasteiger partial charge in [-0.2, -0.15) is 0 Å². The third-order valence-electron chi connectivity index (χ3n) is 5.51. The monoisotopic (exact) mass is 732 g/mol. The number of nitrogens with zero attached hydrogens (tertiary/aromatic N) is 3. The van der Waals surface area contributed by atoms with Crippen molar-refractivity contribution in [3.05, 3.63) is 108 Å². The van der Waals surface area contributed by atoms with Crippen molar-refractivity contribution in [2.75, 3.05) is 14.2 Å². The molecule has 0 unspecified atom stereocenters. The van der Waals surface area contributed by atoms with E-state index in [0.29, 0.717) is 17.3 Å². The number of fused-ring (bicyclic) bond motifs is 1. The van der Waals surface area contributed by atoms with Gasteiger partial charge in [0.2, 0.25) is 11.8 Å². The first kappa shape index (κ1) is 27.5. The highest BCUT2D eigenvalue weighted by molar-refractivity contribution is 14.1. The van der Waals surface area contributed by atoms with Gasteiger partial charge in [0.05, 0.1) is 41.5 Å². The van der Waals surface area contributed by atoms with Crippen molar-refractivity contribution in [1.82, 2.24) is 15.0 Å². The minimum absolute atomic E-state index is 0.0709. The summed E-state index contributed by atoms with van der Waals surface area (Å²) in [6.45, 7) is 0. The first-order chi connectivity index (χ1) is 18.4. The van der Waals surface area contributed by atoms with Crippen LogP contribution in [0.3, 0.4) is 0 Å². The molecule has 0 radical (unpaired) electrons. The minimum Gasteiger partial charge on any atom is -0.481 e. The third kappa shape index (κ3) is 6.30. The molecule has 3 aromatic heterocycles. The highest BCUT2D eigenvalue weighted by atomic mass is 127. The first-order valence-electron chi connectivity index (χ1n) is 11.3. The Hall–Kier alpha value is -3.52. The number of hydrogen-bond donors (Lipinski definition) is 1. The van der Waals surface area contributed by atoms with Crippen molar-refractivity contribution in [3.8, 4) is 23.0 Å². The number of aromatic nitrogens is 3. The lowest BCUT2D eigenvalue weighted by atomic mass is 10.1. The van der Waals surface area contributed by atoms with E-state index in [1.807, 2.05) is 24.3 Å². The Balaban J connectivity index is 0.000000178. The molecular formula is C28H22I2N4O4. The lowest BCUT2D eigenvalue weighted by Crippen LogP contribution is -1.93. The van der Waals surface area contributed by atoms with E-state index in [2.05, 4.69) is 78.3 Å². The molecule has 10 heteroatoms. The van der Waals surface area contributed by atoms with E-state index in [4.69, 9.17) is 9.47 Å². The Morgan fingerprint density at radius 2 is 1.53 bits per heavy atom. The van der Waals surface area contributed by atoms with Crippen molar-refractivity contribution < 1.29 is 14.4 Å². The van der Waals surface area contributed by atoms with Crippen molar-refractivity contribution in [3.63, 3.8) is 0 Å². The maximum atomic E-state index is 11.0.